The SMILES string of the molecule is C=CC(C)=CCC1OC(C)C(NC(=O)C=CC(C)OCC)CC1C. The van der Waals surface area contributed by atoms with Gasteiger partial charge in [0.05, 0.1) is 24.4 Å². The highest BCUT2D eigenvalue weighted by molar-refractivity contribution is 5.87. The fourth-order valence-corrected chi connectivity index (χ4v) is 2.87. The molecule has 0 radical (unpaired) electrons. The fourth-order valence-electron chi connectivity index (χ4n) is 2.87. The van der Waals surface area contributed by atoms with Crippen molar-refractivity contribution in [2.75, 3.05) is 6.61 Å². The summed E-state index contributed by atoms with van der Waals surface area (Å²) in [5.74, 6) is 0.307. The van der Waals surface area contributed by atoms with Gasteiger partial charge in [0, 0.05) is 12.7 Å². The number of nitrogens with one attached hydrogen (secondary N) is 1. The van der Waals surface area contributed by atoms with Gasteiger partial charge >= 0.3 is 0 Å². The second kappa shape index (κ2) is 10.5. The quantitative estimate of drug-likeness (QED) is 0.542. The normalized spacial score (nSPS) is 29.5. The zero-order valence-electron chi connectivity index (χ0n) is 15.7. The Morgan fingerprint density at radius 1 is 1.46 bits per heavy atom. The number of amides is 1. The van der Waals surface area contributed by atoms with Gasteiger partial charge < -0.3 is 14.8 Å². The summed E-state index contributed by atoms with van der Waals surface area (Å²) in [6.07, 6.45) is 9.31. The van der Waals surface area contributed by atoms with Gasteiger partial charge in [-0.05, 0) is 46.5 Å². The lowest BCUT2D eigenvalue weighted by atomic mass is 9.88. The first-order valence-electron chi connectivity index (χ1n) is 8.92. The largest absolute Gasteiger partial charge is 0.375 e. The number of rotatable bonds is 8. The van der Waals surface area contributed by atoms with Crippen molar-refractivity contribution in [3.8, 4) is 0 Å². The van der Waals surface area contributed by atoms with Crippen LogP contribution in [0.2, 0.25) is 0 Å². The zero-order chi connectivity index (χ0) is 18.1. The van der Waals surface area contributed by atoms with E-state index in [1.807, 2.05) is 33.8 Å². The Balaban J connectivity index is 2.52. The second-order valence-corrected chi connectivity index (χ2v) is 6.62. The highest BCUT2D eigenvalue weighted by Crippen LogP contribution is 2.27. The summed E-state index contributed by atoms with van der Waals surface area (Å²) in [6.45, 7) is 14.5. The molecule has 4 nitrogen and oxygen atoms in total. The Kier molecular flexibility index (Phi) is 9.01. The third kappa shape index (κ3) is 7.02. The molecule has 1 aliphatic rings. The lowest BCUT2D eigenvalue weighted by Gasteiger charge is -2.39. The Morgan fingerprint density at radius 2 is 2.17 bits per heavy atom. The Bertz CT molecular complexity index is 470. The van der Waals surface area contributed by atoms with Gasteiger partial charge in [0.1, 0.15) is 0 Å². The van der Waals surface area contributed by atoms with Crippen LogP contribution in [0.15, 0.2) is 36.5 Å². The molecule has 5 unspecified atom stereocenters. The molecule has 0 aromatic carbocycles. The van der Waals surface area contributed by atoms with Crippen LogP contribution >= 0.6 is 0 Å². The molecule has 0 saturated carbocycles. The van der Waals surface area contributed by atoms with Crippen LogP contribution in [-0.2, 0) is 14.3 Å². The summed E-state index contributed by atoms with van der Waals surface area (Å²) in [4.78, 5) is 12.1. The summed E-state index contributed by atoms with van der Waals surface area (Å²) in [7, 11) is 0. The van der Waals surface area contributed by atoms with E-state index in [1.54, 1.807) is 12.2 Å². The lowest BCUT2D eigenvalue weighted by Crippen LogP contribution is -2.50. The number of carbonyl (C=O) groups is 1. The summed E-state index contributed by atoms with van der Waals surface area (Å²) >= 11 is 0. The molecule has 1 saturated heterocycles. The molecule has 1 amide bonds. The minimum atomic E-state index is -0.0879. The number of ether oxygens (including phenoxy) is 2. The van der Waals surface area contributed by atoms with Crippen LogP contribution in [-0.4, -0.2) is 36.9 Å². The third-order valence-corrected chi connectivity index (χ3v) is 4.49. The molecule has 4 heteroatoms. The van der Waals surface area contributed by atoms with E-state index in [4.69, 9.17) is 9.47 Å². The standard InChI is InChI=1S/C20H33NO3/c1-7-14(3)9-11-19-15(4)13-18(17(6)24-19)21-20(22)12-10-16(5)23-8-2/h7,9-10,12,15-19H,1,8,11,13H2,2-6H3,(H,21,22). The summed E-state index contributed by atoms with van der Waals surface area (Å²) in [5.41, 5.74) is 1.17. The predicted molar refractivity (Wildman–Crippen MR) is 98.8 cm³/mol. The van der Waals surface area contributed by atoms with Crippen molar-refractivity contribution in [2.45, 2.75) is 71.8 Å². The van der Waals surface area contributed by atoms with Crippen LogP contribution in [0, 0.1) is 5.92 Å². The molecule has 1 rings (SSSR count). The first kappa shape index (κ1) is 20.7. The van der Waals surface area contributed by atoms with E-state index in [-0.39, 0.29) is 30.3 Å². The summed E-state index contributed by atoms with van der Waals surface area (Å²) < 4.78 is 11.5. The first-order chi connectivity index (χ1) is 11.4. The van der Waals surface area contributed by atoms with Gasteiger partial charge in [-0.2, -0.15) is 0 Å². The molecule has 1 aliphatic heterocycles. The van der Waals surface area contributed by atoms with E-state index in [1.165, 1.54) is 5.57 Å². The maximum Gasteiger partial charge on any atom is 0.244 e. The highest BCUT2D eigenvalue weighted by atomic mass is 16.5. The van der Waals surface area contributed by atoms with E-state index in [0.29, 0.717) is 12.5 Å². The van der Waals surface area contributed by atoms with Gasteiger partial charge in [0.2, 0.25) is 5.91 Å². The molecule has 0 aromatic heterocycles. The zero-order valence-corrected chi connectivity index (χ0v) is 15.7. The van der Waals surface area contributed by atoms with Crippen LogP contribution in [0.25, 0.3) is 0 Å². The van der Waals surface area contributed by atoms with Crippen LogP contribution in [0.1, 0.15) is 47.5 Å². The van der Waals surface area contributed by atoms with Crippen molar-refractivity contribution >= 4 is 5.91 Å². The molecule has 1 heterocycles. The third-order valence-electron chi connectivity index (χ3n) is 4.49. The molecule has 5 atom stereocenters. The van der Waals surface area contributed by atoms with Crippen LogP contribution in [0.3, 0.4) is 0 Å². The topological polar surface area (TPSA) is 47.6 Å². The van der Waals surface area contributed by atoms with Crippen LogP contribution < -0.4 is 5.32 Å². The van der Waals surface area contributed by atoms with Crippen LogP contribution in [0.4, 0.5) is 0 Å². The minimum absolute atomic E-state index is 0.00491. The monoisotopic (exact) mass is 335 g/mol. The van der Waals surface area contributed by atoms with Gasteiger partial charge in [-0.3, -0.25) is 4.79 Å². The summed E-state index contributed by atoms with van der Waals surface area (Å²) in [5, 5.41) is 3.06. The van der Waals surface area contributed by atoms with E-state index < -0.39 is 0 Å². The maximum atomic E-state index is 12.1. The fraction of sp³-hybridized carbons (Fsp3) is 0.650. The average molecular weight is 335 g/mol. The molecule has 136 valence electrons. The molecular formula is C20H33NO3. The van der Waals surface area contributed by atoms with E-state index in [0.717, 1.165) is 12.8 Å². The van der Waals surface area contributed by atoms with Gasteiger partial charge in [-0.15, -0.1) is 0 Å². The van der Waals surface area contributed by atoms with Gasteiger partial charge in [0.25, 0.3) is 0 Å². The van der Waals surface area contributed by atoms with Crippen molar-refractivity contribution in [3.63, 3.8) is 0 Å². The number of hydrogen-bond donors (Lipinski definition) is 1. The van der Waals surface area contributed by atoms with Gasteiger partial charge in [-0.25, -0.2) is 0 Å². The molecule has 1 N–H and O–H groups in total. The van der Waals surface area contributed by atoms with Crippen molar-refractivity contribution in [1.29, 1.82) is 0 Å². The summed E-state index contributed by atoms with van der Waals surface area (Å²) in [6, 6.07) is 0.0419. The number of carbonyl (C=O) groups excluding carboxylic acids is 1. The Hall–Kier alpha value is -1.39. The first-order valence-corrected chi connectivity index (χ1v) is 8.92. The van der Waals surface area contributed by atoms with Crippen molar-refractivity contribution in [2.24, 2.45) is 5.92 Å². The molecule has 24 heavy (non-hydrogen) atoms. The number of hydrogen-bond acceptors (Lipinski definition) is 3. The smallest absolute Gasteiger partial charge is 0.244 e. The van der Waals surface area contributed by atoms with Gasteiger partial charge in [0.15, 0.2) is 0 Å². The second-order valence-electron chi connectivity index (χ2n) is 6.62. The molecule has 0 spiro atoms. The highest BCUT2D eigenvalue weighted by Gasteiger charge is 2.33. The molecule has 0 aromatic rings. The van der Waals surface area contributed by atoms with Crippen molar-refractivity contribution in [3.05, 3.63) is 36.5 Å². The minimum Gasteiger partial charge on any atom is -0.375 e. The van der Waals surface area contributed by atoms with Crippen molar-refractivity contribution in [1.82, 2.24) is 5.32 Å². The maximum absolute atomic E-state index is 12.1. The van der Waals surface area contributed by atoms with E-state index in [2.05, 4.69) is 24.9 Å². The van der Waals surface area contributed by atoms with E-state index in [9.17, 15) is 4.79 Å². The molecular weight excluding hydrogens is 302 g/mol. The van der Waals surface area contributed by atoms with Crippen molar-refractivity contribution < 1.29 is 14.3 Å². The van der Waals surface area contributed by atoms with E-state index >= 15 is 0 Å². The lowest BCUT2D eigenvalue weighted by molar-refractivity contribution is -0.123. The Morgan fingerprint density at radius 3 is 2.79 bits per heavy atom. The van der Waals surface area contributed by atoms with Crippen LogP contribution in [0.5, 0.6) is 0 Å². The molecule has 1 fully saturated rings. The number of allylic oxidation sites excluding steroid dienone is 2. The predicted octanol–water partition coefficient (Wildman–Crippen LogP) is 3.79. The average Bonchev–Trinajstić information content (AvgIpc) is 2.54. The van der Waals surface area contributed by atoms with Gasteiger partial charge in [-0.1, -0.05) is 37.3 Å². The molecule has 0 aliphatic carbocycles. The molecule has 0 bridgehead atoms. The Labute approximate surface area is 147 Å².